The Morgan fingerprint density at radius 1 is 1.03 bits per heavy atom. The Morgan fingerprint density at radius 3 is 2.59 bits per heavy atom. The van der Waals surface area contributed by atoms with Crippen LogP contribution in [-0.2, 0) is 19.6 Å². The van der Waals surface area contributed by atoms with Crippen LogP contribution in [0.2, 0.25) is 0 Å². The lowest BCUT2D eigenvalue weighted by Gasteiger charge is -2.28. The Hall–Kier alpha value is -4.01. The Bertz CT molecular complexity index is 1110. The third kappa shape index (κ3) is 4.66. The largest absolute Gasteiger partial charge is 0.497 e. The van der Waals surface area contributed by atoms with E-state index in [1.807, 2.05) is 30.3 Å². The van der Waals surface area contributed by atoms with Gasteiger partial charge in [0.25, 0.3) is 5.91 Å². The average molecular weight is 435 g/mol. The normalized spacial score (nSPS) is 12.6. The first-order chi connectivity index (χ1) is 15.6. The van der Waals surface area contributed by atoms with E-state index >= 15 is 0 Å². The van der Waals surface area contributed by atoms with E-state index in [1.54, 1.807) is 48.1 Å². The van der Waals surface area contributed by atoms with Crippen LogP contribution in [0, 0.1) is 0 Å². The van der Waals surface area contributed by atoms with Gasteiger partial charge in [0.1, 0.15) is 11.5 Å². The summed E-state index contributed by atoms with van der Waals surface area (Å²) in [5.41, 5.74) is 2.68. The van der Waals surface area contributed by atoms with E-state index in [0.717, 1.165) is 11.3 Å². The molecule has 9 nitrogen and oxygen atoms in total. The van der Waals surface area contributed by atoms with Gasteiger partial charge in [0.2, 0.25) is 0 Å². The zero-order valence-electron chi connectivity index (χ0n) is 18.0. The summed E-state index contributed by atoms with van der Waals surface area (Å²) in [5, 5.41) is 10.2. The van der Waals surface area contributed by atoms with Crippen molar-refractivity contribution in [3.05, 3.63) is 71.5 Å². The van der Waals surface area contributed by atoms with E-state index in [-0.39, 0.29) is 11.9 Å². The zero-order chi connectivity index (χ0) is 22.5. The van der Waals surface area contributed by atoms with Gasteiger partial charge < -0.3 is 25.0 Å². The predicted octanol–water partition coefficient (Wildman–Crippen LogP) is 2.88. The van der Waals surface area contributed by atoms with Gasteiger partial charge in [0, 0.05) is 19.2 Å². The first-order valence-corrected chi connectivity index (χ1v) is 10.2. The molecule has 0 fully saturated rings. The number of hydrogen-bond donors (Lipinski definition) is 2. The van der Waals surface area contributed by atoms with Gasteiger partial charge in [-0.3, -0.25) is 9.48 Å². The molecule has 0 radical (unpaired) electrons. The van der Waals surface area contributed by atoms with Crippen molar-refractivity contribution in [3.63, 3.8) is 0 Å². The number of nitrogens with zero attached hydrogens (tertiary/aromatic N) is 3. The number of amides is 3. The minimum atomic E-state index is -0.265. The van der Waals surface area contributed by atoms with Crippen molar-refractivity contribution >= 4 is 17.6 Å². The molecule has 9 heteroatoms. The average Bonchev–Trinajstić information content (AvgIpc) is 3.26. The molecular weight excluding hydrogens is 410 g/mol. The van der Waals surface area contributed by atoms with Gasteiger partial charge in [-0.05, 0) is 23.8 Å². The van der Waals surface area contributed by atoms with E-state index in [2.05, 4.69) is 15.7 Å². The fourth-order valence-electron chi connectivity index (χ4n) is 3.53. The SMILES string of the molecule is COc1ccc(OC)c(NC(=O)N2CCn3nc(C(=O)NCc4ccccc4)cc3C2)c1. The summed E-state index contributed by atoms with van der Waals surface area (Å²) in [7, 11) is 3.11. The van der Waals surface area contributed by atoms with E-state index < -0.39 is 0 Å². The highest BCUT2D eigenvalue weighted by atomic mass is 16.5. The Balaban J connectivity index is 1.40. The van der Waals surface area contributed by atoms with Gasteiger partial charge in [-0.2, -0.15) is 5.10 Å². The highest BCUT2D eigenvalue weighted by molar-refractivity contribution is 5.93. The van der Waals surface area contributed by atoms with Crippen LogP contribution in [0.4, 0.5) is 10.5 Å². The molecule has 0 spiro atoms. The maximum absolute atomic E-state index is 12.9. The minimum Gasteiger partial charge on any atom is -0.497 e. The van der Waals surface area contributed by atoms with Crippen LogP contribution < -0.4 is 20.1 Å². The molecule has 2 N–H and O–H groups in total. The summed E-state index contributed by atoms with van der Waals surface area (Å²) in [4.78, 5) is 27.0. The number of nitrogens with one attached hydrogen (secondary N) is 2. The fourth-order valence-corrected chi connectivity index (χ4v) is 3.53. The maximum Gasteiger partial charge on any atom is 0.322 e. The molecule has 2 heterocycles. The van der Waals surface area contributed by atoms with Crippen LogP contribution in [-0.4, -0.2) is 47.4 Å². The van der Waals surface area contributed by atoms with E-state index in [9.17, 15) is 9.59 Å². The standard InChI is InChI=1S/C23H25N5O4/c1-31-18-8-9-21(32-2)19(13-18)25-23(30)27-10-11-28-17(15-27)12-20(26-28)22(29)24-14-16-6-4-3-5-7-16/h3-9,12-13H,10-11,14-15H2,1-2H3,(H,24,29)(H,25,30). The van der Waals surface area contributed by atoms with Gasteiger partial charge in [-0.25, -0.2) is 4.79 Å². The van der Waals surface area contributed by atoms with Gasteiger partial charge in [-0.15, -0.1) is 0 Å². The van der Waals surface area contributed by atoms with Crippen molar-refractivity contribution in [1.82, 2.24) is 20.0 Å². The summed E-state index contributed by atoms with van der Waals surface area (Å²) in [6.07, 6.45) is 0. The number of rotatable bonds is 6. The summed E-state index contributed by atoms with van der Waals surface area (Å²) in [6.45, 7) is 1.75. The molecule has 0 saturated heterocycles. The second-order valence-corrected chi connectivity index (χ2v) is 7.33. The molecule has 2 aromatic carbocycles. The first kappa shape index (κ1) is 21.2. The van der Waals surface area contributed by atoms with Crippen LogP contribution in [0.3, 0.4) is 0 Å². The number of carbonyl (C=O) groups excluding carboxylic acids is 2. The first-order valence-electron chi connectivity index (χ1n) is 10.2. The smallest absolute Gasteiger partial charge is 0.322 e. The molecule has 3 amide bonds. The summed E-state index contributed by atoms with van der Waals surface area (Å²) in [6, 6.07) is 16.4. The quantitative estimate of drug-likeness (QED) is 0.621. The highest BCUT2D eigenvalue weighted by Crippen LogP contribution is 2.29. The lowest BCUT2D eigenvalue weighted by Crippen LogP contribution is -2.40. The van der Waals surface area contributed by atoms with Gasteiger partial charge in [-0.1, -0.05) is 30.3 Å². The second-order valence-electron chi connectivity index (χ2n) is 7.33. The predicted molar refractivity (Wildman–Crippen MR) is 119 cm³/mol. The van der Waals surface area contributed by atoms with Gasteiger partial charge in [0.05, 0.1) is 38.7 Å². The molecule has 0 atom stereocenters. The van der Waals surface area contributed by atoms with E-state index in [4.69, 9.17) is 9.47 Å². The summed E-state index contributed by atoms with van der Waals surface area (Å²) in [5.74, 6) is 0.912. The van der Waals surface area contributed by atoms with Crippen LogP contribution in [0.25, 0.3) is 0 Å². The van der Waals surface area contributed by atoms with Crippen molar-refractivity contribution in [2.45, 2.75) is 19.6 Å². The van der Waals surface area contributed by atoms with Gasteiger partial charge in [0.15, 0.2) is 5.69 Å². The summed E-state index contributed by atoms with van der Waals surface area (Å²) >= 11 is 0. The van der Waals surface area contributed by atoms with Crippen molar-refractivity contribution in [2.24, 2.45) is 0 Å². The van der Waals surface area contributed by atoms with Crippen molar-refractivity contribution in [3.8, 4) is 11.5 Å². The number of fused-ring (bicyclic) bond motifs is 1. The molecule has 3 aromatic rings. The maximum atomic E-state index is 12.9. The number of anilines is 1. The van der Waals surface area contributed by atoms with Crippen LogP contribution in [0.1, 0.15) is 21.7 Å². The number of benzene rings is 2. The molecule has 166 valence electrons. The molecule has 1 aliphatic rings. The number of aromatic nitrogens is 2. The molecule has 32 heavy (non-hydrogen) atoms. The monoisotopic (exact) mass is 435 g/mol. The van der Waals surface area contributed by atoms with Gasteiger partial charge >= 0.3 is 6.03 Å². The molecule has 0 unspecified atom stereocenters. The van der Waals surface area contributed by atoms with Crippen LogP contribution in [0.15, 0.2) is 54.6 Å². The van der Waals surface area contributed by atoms with Crippen LogP contribution in [0.5, 0.6) is 11.5 Å². The molecule has 0 bridgehead atoms. The molecule has 0 aliphatic carbocycles. The topological polar surface area (TPSA) is 97.7 Å². The van der Waals surface area contributed by atoms with Crippen molar-refractivity contribution in [2.75, 3.05) is 26.1 Å². The van der Waals surface area contributed by atoms with E-state index in [1.165, 1.54) is 0 Å². The lowest BCUT2D eigenvalue weighted by molar-refractivity contribution is 0.0944. The molecular formula is C23H25N5O4. The third-order valence-electron chi connectivity index (χ3n) is 5.26. The minimum absolute atomic E-state index is 0.243. The van der Waals surface area contributed by atoms with Crippen molar-refractivity contribution in [1.29, 1.82) is 0 Å². The summed E-state index contributed by atoms with van der Waals surface area (Å²) < 4.78 is 12.3. The zero-order valence-corrected chi connectivity index (χ0v) is 18.0. The molecule has 4 rings (SSSR count). The fraction of sp³-hybridized carbons (Fsp3) is 0.261. The van der Waals surface area contributed by atoms with E-state index in [0.29, 0.717) is 49.1 Å². The van der Waals surface area contributed by atoms with Crippen molar-refractivity contribution < 1.29 is 19.1 Å². The highest BCUT2D eigenvalue weighted by Gasteiger charge is 2.24. The molecule has 1 aliphatic heterocycles. The number of hydrogen-bond acceptors (Lipinski definition) is 5. The molecule has 1 aromatic heterocycles. The number of urea groups is 1. The number of methoxy groups -OCH3 is 2. The lowest BCUT2D eigenvalue weighted by atomic mass is 10.2. The Labute approximate surface area is 185 Å². The Kier molecular flexibility index (Phi) is 6.25. The second kappa shape index (κ2) is 9.42. The van der Waals surface area contributed by atoms with Crippen LogP contribution >= 0.6 is 0 Å². The third-order valence-corrected chi connectivity index (χ3v) is 5.26. The number of carbonyl (C=O) groups is 2. The Morgan fingerprint density at radius 2 is 1.84 bits per heavy atom. The number of ether oxygens (including phenoxy) is 2. The molecule has 0 saturated carbocycles.